The van der Waals surface area contributed by atoms with Crippen LogP contribution in [0.25, 0.3) is 0 Å². The van der Waals surface area contributed by atoms with Crippen molar-refractivity contribution in [3.63, 3.8) is 0 Å². The van der Waals surface area contributed by atoms with Crippen molar-refractivity contribution in [1.29, 1.82) is 5.26 Å². The highest BCUT2D eigenvalue weighted by atomic mass is 16.7. The van der Waals surface area contributed by atoms with E-state index in [-0.39, 0.29) is 13.0 Å². The number of hydrogen-bond donors (Lipinski definition) is 2. The fraction of sp³-hybridized carbons (Fsp3) is 0.458. The van der Waals surface area contributed by atoms with Crippen molar-refractivity contribution in [3.05, 3.63) is 64.2 Å². The molecule has 0 bridgehead atoms. The molecule has 0 aromatic heterocycles. The second-order valence-electron chi connectivity index (χ2n) is 7.64. The minimum atomic E-state index is -1.23. The molecule has 3 atom stereocenters. The third-order valence-electron chi connectivity index (χ3n) is 5.71. The Morgan fingerprint density at radius 1 is 1.20 bits per heavy atom. The Morgan fingerprint density at radius 2 is 1.90 bits per heavy atom. The molecule has 0 amide bonds. The SMILES string of the molecule is CCc1ccc(Cc2cc(C3(OC)CC(O)CC(CO)O3)cc(OC)c2C#N)cc1. The molecule has 6 nitrogen and oxygen atoms in total. The number of hydrogen-bond acceptors (Lipinski definition) is 6. The number of aryl methyl sites for hydroxylation is 1. The van der Waals surface area contributed by atoms with Crippen molar-refractivity contribution in [2.75, 3.05) is 20.8 Å². The fourth-order valence-corrected chi connectivity index (χ4v) is 4.04. The molecule has 0 saturated carbocycles. The van der Waals surface area contributed by atoms with Crippen LogP contribution in [-0.4, -0.2) is 43.2 Å². The number of methoxy groups -OCH3 is 2. The van der Waals surface area contributed by atoms with Gasteiger partial charge in [0.25, 0.3) is 0 Å². The summed E-state index contributed by atoms with van der Waals surface area (Å²) in [5.41, 5.74) is 4.23. The maximum atomic E-state index is 10.4. The number of rotatable bonds is 7. The summed E-state index contributed by atoms with van der Waals surface area (Å²) >= 11 is 0. The lowest BCUT2D eigenvalue weighted by atomic mass is 9.89. The molecular weight excluding hydrogens is 382 g/mol. The molecular formula is C24H29NO5. The number of aliphatic hydroxyl groups is 2. The van der Waals surface area contributed by atoms with Gasteiger partial charge in [0.1, 0.15) is 11.8 Å². The van der Waals surface area contributed by atoms with E-state index in [0.717, 1.165) is 17.5 Å². The van der Waals surface area contributed by atoms with E-state index in [1.54, 1.807) is 6.07 Å². The van der Waals surface area contributed by atoms with E-state index in [1.807, 2.05) is 6.07 Å². The van der Waals surface area contributed by atoms with Crippen LogP contribution in [0.1, 0.15) is 47.6 Å². The van der Waals surface area contributed by atoms with Gasteiger partial charge in [-0.25, -0.2) is 0 Å². The van der Waals surface area contributed by atoms with Gasteiger partial charge >= 0.3 is 0 Å². The number of ether oxygens (including phenoxy) is 3. The second kappa shape index (κ2) is 9.59. The van der Waals surface area contributed by atoms with E-state index < -0.39 is 18.0 Å². The number of aliphatic hydroxyl groups excluding tert-OH is 2. The Morgan fingerprint density at radius 3 is 2.47 bits per heavy atom. The van der Waals surface area contributed by atoms with Crippen LogP contribution in [0.2, 0.25) is 0 Å². The smallest absolute Gasteiger partial charge is 0.197 e. The van der Waals surface area contributed by atoms with Crippen LogP contribution >= 0.6 is 0 Å². The highest BCUT2D eigenvalue weighted by Crippen LogP contribution is 2.41. The van der Waals surface area contributed by atoms with Gasteiger partial charge < -0.3 is 24.4 Å². The van der Waals surface area contributed by atoms with Crippen molar-refractivity contribution in [2.45, 2.75) is 50.6 Å². The Kier molecular flexibility index (Phi) is 7.11. The molecule has 1 aliphatic rings. The van der Waals surface area contributed by atoms with Gasteiger partial charge in [0.2, 0.25) is 0 Å². The molecule has 2 aromatic carbocycles. The van der Waals surface area contributed by atoms with Crippen LogP contribution in [-0.2, 0) is 28.1 Å². The Bertz CT molecular complexity index is 905. The molecule has 3 rings (SSSR count). The number of nitriles is 1. The van der Waals surface area contributed by atoms with E-state index in [4.69, 9.17) is 14.2 Å². The molecule has 0 spiro atoms. The molecule has 0 radical (unpaired) electrons. The largest absolute Gasteiger partial charge is 0.495 e. The topological polar surface area (TPSA) is 91.9 Å². The lowest BCUT2D eigenvalue weighted by molar-refractivity contribution is -0.299. The van der Waals surface area contributed by atoms with Gasteiger partial charge in [0.15, 0.2) is 5.79 Å². The lowest BCUT2D eigenvalue weighted by Crippen LogP contribution is -2.46. The van der Waals surface area contributed by atoms with Gasteiger partial charge in [0, 0.05) is 25.5 Å². The van der Waals surface area contributed by atoms with Crippen molar-refractivity contribution < 1.29 is 24.4 Å². The van der Waals surface area contributed by atoms with Crippen LogP contribution in [0.3, 0.4) is 0 Å². The van der Waals surface area contributed by atoms with Crippen LogP contribution < -0.4 is 4.74 Å². The van der Waals surface area contributed by atoms with Crippen LogP contribution in [0, 0.1) is 11.3 Å². The Balaban J connectivity index is 2.06. The maximum Gasteiger partial charge on any atom is 0.197 e. The summed E-state index contributed by atoms with van der Waals surface area (Å²) in [5.74, 6) is -0.802. The average molecular weight is 411 g/mol. The zero-order chi connectivity index (χ0) is 21.7. The third-order valence-corrected chi connectivity index (χ3v) is 5.71. The van der Waals surface area contributed by atoms with E-state index in [0.29, 0.717) is 29.7 Å². The van der Waals surface area contributed by atoms with E-state index in [9.17, 15) is 15.5 Å². The first kappa shape index (κ1) is 22.3. The molecule has 1 heterocycles. The summed E-state index contributed by atoms with van der Waals surface area (Å²) in [4.78, 5) is 0. The molecule has 2 aromatic rings. The van der Waals surface area contributed by atoms with Crippen molar-refractivity contribution >= 4 is 0 Å². The molecule has 1 fully saturated rings. The van der Waals surface area contributed by atoms with Gasteiger partial charge in [-0.2, -0.15) is 5.26 Å². The molecule has 0 aliphatic carbocycles. The second-order valence-corrected chi connectivity index (χ2v) is 7.64. The van der Waals surface area contributed by atoms with Gasteiger partial charge in [-0.3, -0.25) is 0 Å². The first-order valence-electron chi connectivity index (χ1n) is 10.2. The molecule has 1 saturated heterocycles. The summed E-state index contributed by atoms with van der Waals surface area (Å²) in [6.07, 6.45) is 0.853. The number of nitrogens with zero attached hydrogens (tertiary/aromatic N) is 1. The summed E-state index contributed by atoms with van der Waals surface area (Å²) < 4.78 is 17.3. The highest BCUT2D eigenvalue weighted by molar-refractivity contribution is 5.53. The maximum absolute atomic E-state index is 10.4. The summed E-state index contributed by atoms with van der Waals surface area (Å²) in [5, 5.41) is 29.7. The highest BCUT2D eigenvalue weighted by Gasteiger charge is 2.43. The van der Waals surface area contributed by atoms with Crippen molar-refractivity contribution in [2.24, 2.45) is 0 Å². The van der Waals surface area contributed by atoms with E-state index >= 15 is 0 Å². The quantitative estimate of drug-likeness (QED) is 0.728. The monoisotopic (exact) mass is 411 g/mol. The minimum absolute atomic E-state index is 0.216. The lowest BCUT2D eigenvalue weighted by Gasteiger charge is -2.42. The van der Waals surface area contributed by atoms with Crippen molar-refractivity contribution in [3.8, 4) is 11.8 Å². The first-order valence-corrected chi connectivity index (χ1v) is 10.2. The predicted octanol–water partition coefficient (Wildman–Crippen LogP) is 3.05. The Labute approximate surface area is 177 Å². The van der Waals surface area contributed by atoms with Crippen LogP contribution in [0.15, 0.2) is 36.4 Å². The Hall–Kier alpha value is -2.43. The molecule has 160 valence electrons. The molecule has 2 N–H and O–H groups in total. The predicted molar refractivity (Wildman–Crippen MR) is 112 cm³/mol. The van der Waals surface area contributed by atoms with Gasteiger partial charge in [0.05, 0.1) is 31.5 Å². The summed E-state index contributed by atoms with van der Waals surface area (Å²) in [6.45, 7) is 1.89. The normalized spacial score (nSPS) is 23.7. The third kappa shape index (κ3) is 4.50. The van der Waals surface area contributed by atoms with Crippen LogP contribution in [0.5, 0.6) is 5.75 Å². The minimum Gasteiger partial charge on any atom is -0.495 e. The van der Waals surface area contributed by atoms with E-state index in [1.165, 1.54) is 19.8 Å². The molecule has 1 aliphatic heterocycles. The standard InChI is InChI=1S/C24H29NO5/c1-4-16-5-7-17(8-6-16)9-18-10-19(11-23(28-2)22(18)14-25)24(29-3)13-20(27)12-21(15-26)30-24/h5-8,10-11,20-21,26-27H,4,9,12-13,15H2,1-3H3. The zero-order valence-electron chi connectivity index (χ0n) is 17.7. The fourth-order valence-electron chi connectivity index (χ4n) is 4.04. The summed E-state index contributed by atoms with van der Waals surface area (Å²) in [7, 11) is 3.03. The average Bonchev–Trinajstić information content (AvgIpc) is 2.78. The number of benzene rings is 2. The van der Waals surface area contributed by atoms with Crippen LogP contribution in [0.4, 0.5) is 0 Å². The van der Waals surface area contributed by atoms with Gasteiger partial charge in [-0.05, 0) is 41.7 Å². The summed E-state index contributed by atoms with van der Waals surface area (Å²) in [6, 6.07) is 14.2. The molecule has 3 unspecified atom stereocenters. The zero-order valence-corrected chi connectivity index (χ0v) is 17.7. The molecule has 30 heavy (non-hydrogen) atoms. The van der Waals surface area contributed by atoms with Crippen molar-refractivity contribution in [1.82, 2.24) is 0 Å². The van der Waals surface area contributed by atoms with Gasteiger partial charge in [-0.15, -0.1) is 0 Å². The first-order chi connectivity index (χ1) is 14.5. The van der Waals surface area contributed by atoms with Gasteiger partial charge in [-0.1, -0.05) is 31.2 Å². The molecule has 6 heteroatoms. The van der Waals surface area contributed by atoms with E-state index in [2.05, 4.69) is 37.3 Å².